The minimum atomic E-state index is -2.76. The van der Waals surface area contributed by atoms with E-state index < -0.39 is 34.2 Å². The van der Waals surface area contributed by atoms with E-state index in [0.29, 0.717) is 12.0 Å². The fraction of sp³-hybridized carbons (Fsp3) is 0.367. The average Bonchev–Trinajstić information content (AvgIpc) is 2.89. The maximum Gasteiger partial charge on any atom is 0.336 e. The van der Waals surface area contributed by atoms with Gasteiger partial charge in [0.05, 0.1) is 0 Å². The van der Waals surface area contributed by atoms with Crippen molar-refractivity contribution in [2.45, 2.75) is 54.0 Å². The van der Waals surface area contributed by atoms with E-state index in [1.807, 2.05) is 30.3 Å². The molecule has 0 radical (unpaired) electrons. The predicted octanol–water partition coefficient (Wildman–Crippen LogP) is 6.13. The highest BCUT2D eigenvalue weighted by Crippen LogP contribution is 2.74. The van der Waals surface area contributed by atoms with E-state index in [9.17, 15) is 9.90 Å². The number of halogens is 2. The second-order valence-corrected chi connectivity index (χ2v) is 10.9. The Labute approximate surface area is 215 Å². The normalized spacial score (nSPS) is 34.9. The van der Waals surface area contributed by atoms with Gasteiger partial charge in [-0.25, -0.2) is 13.6 Å². The van der Waals surface area contributed by atoms with Crippen molar-refractivity contribution in [1.29, 1.82) is 0 Å². The van der Waals surface area contributed by atoms with Crippen LogP contribution in [0.4, 0.5) is 8.78 Å². The minimum Gasteiger partial charge on any atom is -0.394 e. The molecule has 0 aliphatic heterocycles. The van der Waals surface area contributed by atoms with Gasteiger partial charge in [0, 0.05) is 18.8 Å². The monoisotopic (exact) mass is 506 g/mol. The van der Waals surface area contributed by atoms with Crippen LogP contribution < -0.4 is 0 Å². The fourth-order valence-corrected chi connectivity index (χ4v) is 8.32. The molecule has 4 saturated carbocycles. The zero-order chi connectivity index (χ0) is 25.2. The molecule has 0 aromatic heterocycles. The van der Waals surface area contributed by atoms with Gasteiger partial charge in [0.1, 0.15) is 5.67 Å². The molecule has 0 saturated heterocycles. The van der Waals surface area contributed by atoms with Gasteiger partial charge in [-0.1, -0.05) is 91.0 Å². The zero-order valence-electron chi connectivity index (χ0n) is 19.7. The number of aliphatic hydroxyl groups is 1. The van der Waals surface area contributed by atoms with Gasteiger partial charge in [-0.3, -0.25) is 0 Å². The third kappa shape index (κ3) is 2.80. The first kappa shape index (κ1) is 23.7. The highest BCUT2D eigenvalue weighted by atomic mass is 32.1. The van der Waals surface area contributed by atoms with Crippen molar-refractivity contribution in [2.24, 2.45) is 11.8 Å². The molecule has 36 heavy (non-hydrogen) atoms. The SMILES string of the molecule is O=C(OS)C(c1ccccc1)(c1ccccc1)C1(O)C2(F)CC3CC(C2)C(c2ccccc2)C1(F)C3. The van der Waals surface area contributed by atoms with Gasteiger partial charge in [0.15, 0.2) is 16.7 Å². The minimum absolute atomic E-state index is 0.00551. The maximum atomic E-state index is 18.2. The molecule has 186 valence electrons. The quantitative estimate of drug-likeness (QED) is 0.324. The summed E-state index contributed by atoms with van der Waals surface area (Å²) in [5.74, 6) is -2.27. The summed E-state index contributed by atoms with van der Waals surface area (Å²) in [5, 5.41) is 13.0. The van der Waals surface area contributed by atoms with Gasteiger partial charge in [0.25, 0.3) is 0 Å². The van der Waals surface area contributed by atoms with Crippen LogP contribution >= 0.6 is 12.9 Å². The molecule has 6 heteroatoms. The number of hydrogen-bond acceptors (Lipinski definition) is 4. The third-order valence-corrected chi connectivity index (χ3v) is 9.30. The van der Waals surface area contributed by atoms with E-state index in [-0.39, 0.29) is 42.2 Å². The van der Waals surface area contributed by atoms with Crippen LogP contribution in [0, 0.1) is 11.8 Å². The van der Waals surface area contributed by atoms with Crippen LogP contribution in [0.25, 0.3) is 0 Å². The summed E-state index contributed by atoms with van der Waals surface area (Å²) in [6.45, 7) is 0. The molecule has 0 amide bonds. The molecule has 3 aromatic carbocycles. The van der Waals surface area contributed by atoms with Crippen molar-refractivity contribution in [1.82, 2.24) is 0 Å². The summed E-state index contributed by atoms with van der Waals surface area (Å²) in [4.78, 5) is 14.0. The third-order valence-electron chi connectivity index (χ3n) is 9.14. The molecule has 4 bridgehead atoms. The van der Waals surface area contributed by atoms with Gasteiger partial charge >= 0.3 is 5.97 Å². The first-order chi connectivity index (χ1) is 17.3. The smallest absolute Gasteiger partial charge is 0.336 e. The molecular weight excluding hydrogens is 478 g/mol. The number of alkyl halides is 2. The molecule has 0 heterocycles. The Morgan fingerprint density at radius 3 is 1.92 bits per heavy atom. The van der Waals surface area contributed by atoms with E-state index in [1.165, 1.54) is 0 Å². The second kappa shape index (κ2) is 8.15. The van der Waals surface area contributed by atoms with Gasteiger partial charge in [-0.15, -0.1) is 0 Å². The zero-order valence-corrected chi connectivity index (χ0v) is 20.6. The van der Waals surface area contributed by atoms with Gasteiger partial charge in [0.2, 0.25) is 0 Å². The van der Waals surface area contributed by atoms with Crippen LogP contribution in [0.5, 0.6) is 0 Å². The summed E-state index contributed by atoms with van der Waals surface area (Å²) in [5.41, 5.74) is -8.50. The lowest BCUT2D eigenvalue weighted by Gasteiger charge is -2.70. The molecule has 6 atom stereocenters. The molecule has 0 spiro atoms. The molecule has 4 aliphatic rings. The molecule has 3 nitrogen and oxygen atoms in total. The lowest BCUT2D eigenvalue weighted by molar-refractivity contribution is -0.310. The topological polar surface area (TPSA) is 46.5 Å². The summed E-state index contributed by atoms with van der Waals surface area (Å²) in [7, 11) is 0. The van der Waals surface area contributed by atoms with Gasteiger partial charge in [-0.05, 0) is 54.2 Å². The van der Waals surface area contributed by atoms with Crippen LogP contribution in [-0.4, -0.2) is 28.0 Å². The summed E-state index contributed by atoms with van der Waals surface area (Å²) < 4.78 is 40.7. The molecule has 6 unspecified atom stereocenters. The number of carbonyl (C=O) groups is 1. The van der Waals surface area contributed by atoms with Crippen molar-refractivity contribution >= 4 is 18.9 Å². The van der Waals surface area contributed by atoms with Crippen molar-refractivity contribution in [2.75, 3.05) is 0 Å². The molecule has 4 fully saturated rings. The van der Waals surface area contributed by atoms with Crippen LogP contribution in [0.3, 0.4) is 0 Å². The fourth-order valence-electron chi connectivity index (χ4n) is 8.18. The Hall–Kier alpha value is -2.70. The highest BCUT2D eigenvalue weighted by Gasteiger charge is 2.85. The predicted molar refractivity (Wildman–Crippen MR) is 136 cm³/mol. The molecule has 3 aromatic rings. The Bertz CT molecular complexity index is 1230. The van der Waals surface area contributed by atoms with Crippen molar-refractivity contribution in [3.05, 3.63) is 108 Å². The van der Waals surface area contributed by atoms with E-state index in [1.54, 1.807) is 60.7 Å². The molecule has 1 N–H and O–H groups in total. The van der Waals surface area contributed by atoms with E-state index in [0.717, 1.165) is 0 Å². The lowest BCUT2D eigenvalue weighted by Crippen LogP contribution is -2.84. The number of benzene rings is 3. The largest absolute Gasteiger partial charge is 0.394 e. The van der Waals surface area contributed by atoms with E-state index in [4.69, 9.17) is 4.18 Å². The molecule has 4 aliphatic carbocycles. The van der Waals surface area contributed by atoms with E-state index >= 15 is 8.78 Å². The standard InChI is InChI=1S/C30H28F2O3S/c31-27-17-20-16-22(19-27)25(21-10-4-1-5-11-21)28(32,18-20)30(27,34)29(26(33)35-36,23-12-6-2-7-13-23)24-14-8-3-9-15-24/h1-15,20,22,25,34,36H,16-19H2. The number of rotatable bonds is 5. The Kier molecular flexibility index (Phi) is 5.36. The average molecular weight is 507 g/mol. The second-order valence-electron chi connectivity index (χ2n) is 10.8. The van der Waals surface area contributed by atoms with Crippen molar-refractivity contribution in [3.63, 3.8) is 0 Å². The molecule has 7 rings (SSSR count). The summed E-state index contributed by atoms with van der Waals surface area (Å²) in [6.07, 6.45) is 0.626. The van der Waals surface area contributed by atoms with E-state index in [2.05, 4.69) is 12.9 Å². The Morgan fingerprint density at radius 2 is 1.39 bits per heavy atom. The van der Waals surface area contributed by atoms with Crippen LogP contribution in [-0.2, 0) is 14.4 Å². The van der Waals surface area contributed by atoms with Crippen LogP contribution in [0.15, 0.2) is 91.0 Å². The van der Waals surface area contributed by atoms with Crippen molar-refractivity contribution in [3.8, 4) is 0 Å². The summed E-state index contributed by atoms with van der Waals surface area (Å²) >= 11 is 3.84. The van der Waals surface area contributed by atoms with Crippen molar-refractivity contribution < 1.29 is 22.9 Å². The number of carbonyl (C=O) groups excluding carboxylic acids is 1. The first-order valence-electron chi connectivity index (χ1n) is 12.4. The van der Waals surface area contributed by atoms with Crippen LogP contribution in [0.1, 0.15) is 48.3 Å². The number of thiol groups is 1. The number of hydrogen-bond donors (Lipinski definition) is 2. The maximum absolute atomic E-state index is 18.2. The summed E-state index contributed by atoms with van der Waals surface area (Å²) in [6, 6.07) is 26.0. The highest BCUT2D eigenvalue weighted by molar-refractivity contribution is 7.75. The van der Waals surface area contributed by atoms with Crippen LogP contribution in [0.2, 0.25) is 0 Å². The Balaban J connectivity index is 1.72. The first-order valence-corrected chi connectivity index (χ1v) is 12.8. The lowest BCUT2D eigenvalue weighted by atomic mass is 9.36. The van der Waals surface area contributed by atoms with Gasteiger partial charge in [-0.2, -0.15) is 0 Å². The van der Waals surface area contributed by atoms with Gasteiger partial charge < -0.3 is 9.29 Å². The Morgan fingerprint density at radius 1 is 0.861 bits per heavy atom. The molecular formula is C30H28F2O3S.